The molecule has 3 rings (SSSR count). The quantitative estimate of drug-likeness (QED) is 0.799. The van der Waals surface area contributed by atoms with Gasteiger partial charge in [-0.2, -0.15) is 0 Å². The van der Waals surface area contributed by atoms with E-state index >= 15 is 0 Å². The van der Waals surface area contributed by atoms with Crippen LogP contribution in [0.3, 0.4) is 0 Å². The van der Waals surface area contributed by atoms with Gasteiger partial charge in [0, 0.05) is 11.3 Å². The van der Waals surface area contributed by atoms with Crippen molar-refractivity contribution in [1.82, 2.24) is 20.2 Å². The normalized spacial score (nSPS) is 17.1. The SMILES string of the molecule is CC1(n2nnnc2-c2ccc(F)cc2N)CC1. The van der Waals surface area contributed by atoms with E-state index in [4.69, 9.17) is 5.73 Å². The molecule has 1 aliphatic rings. The minimum absolute atomic E-state index is 0.0142. The number of nitrogens with zero attached hydrogens (tertiary/aromatic N) is 4. The van der Waals surface area contributed by atoms with Gasteiger partial charge in [0.2, 0.25) is 0 Å². The Morgan fingerprint density at radius 3 is 2.82 bits per heavy atom. The molecule has 0 aliphatic heterocycles. The Hall–Kier alpha value is -1.98. The monoisotopic (exact) mass is 233 g/mol. The highest BCUT2D eigenvalue weighted by atomic mass is 19.1. The average molecular weight is 233 g/mol. The van der Waals surface area contributed by atoms with Gasteiger partial charge in [-0.3, -0.25) is 0 Å². The summed E-state index contributed by atoms with van der Waals surface area (Å²) in [6, 6.07) is 4.25. The van der Waals surface area contributed by atoms with E-state index in [9.17, 15) is 4.39 Å². The molecule has 0 bridgehead atoms. The van der Waals surface area contributed by atoms with Gasteiger partial charge in [-0.15, -0.1) is 5.10 Å². The highest BCUT2D eigenvalue weighted by Crippen LogP contribution is 2.44. The number of nitrogen functional groups attached to an aromatic ring is 1. The number of benzene rings is 1. The molecule has 2 aromatic rings. The minimum Gasteiger partial charge on any atom is -0.398 e. The van der Waals surface area contributed by atoms with E-state index < -0.39 is 0 Å². The van der Waals surface area contributed by atoms with Crippen molar-refractivity contribution in [3.63, 3.8) is 0 Å². The molecular formula is C11H12FN5. The average Bonchev–Trinajstić information content (AvgIpc) is 2.85. The fourth-order valence-corrected chi connectivity index (χ4v) is 1.85. The lowest BCUT2D eigenvalue weighted by Gasteiger charge is -2.11. The molecule has 1 saturated carbocycles. The maximum atomic E-state index is 13.0. The number of halogens is 1. The first-order chi connectivity index (χ1) is 8.10. The highest BCUT2D eigenvalue weighted by molar-refractivity contribution is 5.71. The maximum Gasteiger partial charge on any atom is 0.184 e. The van der Waals surface area contributed by atoms with Crippen LogP contribution in [0.25, 0.3) is 11.4 Å². The molecular weight excluding hydrogens is 221 g/mol. The van der Waals surface area contributed by atoms with Crippen LogP contribution in [0.2, 0.25) is 0 Å². The van der Waals surface area contributed by atoms with E-state index in [0.29, 0.717) is 17.1 Å². The number of nitrogens with two attached hydrogens (primary N) is 1. The summed E-state index contributed by atoms with van der Waals surface area (Å²) in [7, 11) is 0. The molecule has 1 heterocycles. The first-order valence-corrected chi connectivity index (χ1v) is 5.44. The number of anilines is 1. The molecule has 6 heteroatoms. The van der Waals surface area contributed by atoms with E-state index in [1.54, 1.807) is 10.7 Å². The minimum atomic E-state index is -0.358. The zero-order valence-electron chi connectivity index (χ0n) is 9.39. The summed E-state index contributed by atoms with van der Waals surface area (Å²) >= 11 is 0. The van der Waals surface area contributed by atoms with E-state index in [1.807, 2.05) is 0 Å². The number of rotatable bonds is 2. The third-order valence-corrected chi connectivity index (χ3v) is 3.21. The molecule has 0 saturated heterocycles. The molecule has 17 heavy (non-hydrogen) atoms. The molecule has 0 spiro atoms. The highest BCUT2D eigenvalue weighted by Gasteiger charge is 2.42. The topological polar surface area (TPSA) is 69.6 Å². The van der Waals surface area contributed by atoms with Crippen molar-refractivity contribution in [3.8, 4) is 11.4 Å². The van der Waals surface area contributed by atoms with Crippen molar-refractivity contribution < 1.29 is 4.39 Å². The summed E-state index contributed by atoms with van der Waals surface area (Å²) in [5.41, 5.74) is 6.81. The molecule has 1 aliphatic carbocycles. The van der Waals surface area contributed by atoms with Gasteiger partial charge in [0.1, 0.15) is 5.82 Å². The Morgan fingerprint density at radius 1 is 1.41 bits per heavy atom. The molecule has 1 aromatic heterocycles. The van der Waals surface area contributed by atoms with Gasteiger partial charge in [0.25, 0.3) is 0 Å². The summed E-state index contributed by atoms with van der Waals surface area (Å²) in [5.74, 6) is 0.241. The molecule has 1 aromatic carbocycles. The molecule has 0 unspecified atom stereocenters. The molecule has 1 fully saturated rings. The van der Waals surface area contributed by atoms with Gasteiger partial charge in [0.05, 0.1) is 5.54 Å². The lowest BCUT2D eigenvalue weighted by Crippen LogP contribution is -2.16. The Balaban J connectivity index is 2.13. The first kappa shape index (κ1) is 10.2. The smallest absolute Gasteiger partial charge is 0.184 e. The zero-order chi connectivity index (χ0) is 12.0. The summed E-state index contributed by atoms with van der Waals surface area (Å²) in [5, 5.41) is 11.7. The molecule has 0 atom stereocenters. The summed E-state index contributed by atoms with van der Waals surface area (Å²) in [4.78, 5) is 0. The standard InChI is InChI=1S/C11H12FN5/c1-11(4-5-11)17-10(14-15-16-17)8-3-2-7(12)6-9(8)13/h2-3,6H,4-5,13H2,1H3. The second-order valence-corrected chi connectivity index (χ2v) is 4.64. The Bertz CT molecular complexity index is 573. The Labute approximate surface area is 97.4 Å². The first-order valence-electron chi connectivity index (χ1n) is 5.44. The number of hydrogen-bond donors (Lipinski definition) is 1. The van der Waals surface area contributed by atoms with Gasteiger partial charge in [-0.05, 0) is 48.4 Å². The van der Waals surface area contributed by atoms with E-state index in [-0.39, 0.29) is 11.4 Å². The summed E-state index contributed by atoms with van der Waals surface area (Å²) < 4.78 is 14.8. The van der Waals surface area contributed by atoms with Gasteiger partial charge in [0.15, 0.2) is 5.82 Å². The van der Waals surface area contributed by atoms with Crippen molar-refractivity contribution in [2.75, 3.05) is 5.73 Å². The third-order valence-electron chi connectivity index (χ3n) is 3.21. The van der Waals surface area contributed by atoms with Crippen LogP contribution < -0.4 is 5.73 Å². The second-order valence-electron chi connectivity index (χ2n) is 4.64. The second kappa shape index (κ2) is 3.26. The van der Waals surface area contributed by atoms with Crippen LogP contribution >= 0.6 is 0 Å². The fourth-order valence-electron chi connectivity index (χ4n) is 1.85. The van der Waals surface area contributed by atoms with Crippen LogP contribution in [0.4, 0.5) is 10.1 Å². The molecule has 2 N–H and O–H groups in total. The lowest BCUT2D eigenvalue weighted by atomic mass is 10.1. The summed E-state index contributed by atoms with van der Waals surface area (Å²) in [6.45, 7) is 2.09. The van der Waals surface area contributed by atoms with Crippen LogP contribution in [0.15, 0.2) is 18.2 Å². The van der Waals surface area contributed by atoms with Gasteiger partial charge >= 0.3 is 0 Å². The number of tetrazole rings is 1. The van der Waals surface area contributed by atoms with E-state index in [1.165, 1.54) is 12.1 Å². The molecule has 0 radical (unpaired) electrons. The molecule has 5 nitrogen and oxygen atoms in total. The predicted octanol–water partition coefficient (Wildman–Crippen LogP) is 1.57. The van der Waals surface area contributed by atoms with Crippen LogP contribution in [-0.4, -0.2) is 20.2 Å². The molecule has 0 amide bonds. The van der Waals surface area contributed by atoms with Gasteiger partial charge in [-0.1, -0.05) is 0 Å². The fraction of sp³-hybridized carbons (Fsp3) is 0.364. The van der Waals surface area contributed by atoms with Crippen molar-refractivity contribution in [2.45, 2.75) is 25.3 Å². The molecule has 88 valence electrons. The van der Waals surface area contributed by atoms with Gasteiger partial charge < -0.3 is 5.73 Å². The maximum absolute atomic E-state index is 13.0. The van der Waals surface area contributed by atoms with Crippen LogP contribution in [0.5, 0.6) is 0 Å². The summed E-state index contributed by atoms with van der Waals surface area (Å²) in [6.07, 6.45) is 2.10. The van der Waals surface area contributed by atoms with E-state index in [0.717, 1.165) is 12.8 Å². The van der Waals surface area contributed by atoms with Crippen molar-refractivity contribution in [2.24, 2.45) is 0 Å². The number of hydrogen-bond acceptors (Lipinski definition) is 4. The third kappa shape index (κ3) is 1.56. The van der Waals surface area contributed by atoms with Crippen LogP contribution in [-0.2, 0) is 5.54 Å². The number of aromatic nitrogens is 4. The zero-order valence-corrected chi connectivity index (χ0v) is 9.39. The van der Waals surface area contributed by atoms with Crippen molar-refractivity contribution in [3.05, 3.63) is 24.0 Å². The van der Waals surface area contributed by atoms with Crippen molar-refractivity contribution in [1.29, 1.82) is 0 Å². The Morgan fingerprint density at radius 2 is 2.18 bits per heavy atom. The predicted molar refractivity (Wildman–Crippen MR) is 60.5 cm³/mol. The van der Waals surface area contributed by atoms with Gasteiger partial charge in [-0.25, -0.2) is 9.07 Å². The Kier molecular flexibility index (Phi) is 1.95. The largest absolute Gasteiger partial charge is 0.398 e. The van der Waals surface area contributed by atoms with E-state index in [2.05, 4.69) is 22.4 Å². The van der Waals surface area contributed by atoms with Crippen LogP contribution in [0, 0.1) is 5.82 Å². The van der Waals surface area contributed by atoms with Crippen molar-refractivity contribution >= 4 is 5.69 Å². The van der Waals surface area contributed by atoms with Crippen LogP contribution in [0.1, 0.15) is 19.8 Å². The lowest BCUT2D eigenvalue weighted by molar-refractivity contribution is 0.463.